The molecule has 130 valence electrons. The number of carbonyl (C=O) groups is 2. The fraction of sp³-hybridized carbons (Fsp3) is 0.150. The number of aromatic amines is 1. The highest BCUT2D eigenvalue weighted by atomic mass is 16.5. The number of H-pyrrole nitrogens is 1. The number of pyridine rings is 1. The normalized spacial score (nSPS) is 15.7. The van der Waals surface area contributed by atoms with Gasteiger partial charge < -0.3 is 14.6 Å². The number of benzene rings is 2. The van der Waals surface area contributed by atoms with E-state index in [0.717, 1.165) is 5.56 Å². The molecule has 0 radical (unpaired) electrons. The highest BCUT2D eigenvalue weighted by molar-refractivity contribution is 6.09. The van der Waals surface area contributed by atoms with E-state index in [9.17, 15) is 14.4 Å². The van der Waals surface area contributed by atoms with Crippen LogP contribution in [0.15, 0.2) is 59.4 Å². The van der Waals surface area contributed by atoms with Gasteiger partial charge >= 0.3 is 5.97 Å². The minimum absolute atomic E-state index is 0.180. The van der Waals surface area contributed by atoms with E-state index in [1.807, 2.05) is 24.3 Å². The summed E-state index contributed by atoms with van der Waals surface area (Å²) in [6.45, 7) is 0.180. The van der Waals surface area contributed by atoms with E-state index in [2.05, 4.69) is 4.98 Å². The number of esters is 1. The van der Waals surface area contributed by atoms with E-state index < -0.39 is 5.92 Å². The molecular formula is C20H16N2O4. The molecule has 0 saturated carbocycles. The van der Waals surface area contributed by atoms with E-state index >= 15 is 0 Å². The number of anilines is 1. The van der Waals surface area contributed by atoms with Crippen LogP contribution < -0.4 is 10.5 Å². The number of methoxy groups -OCH3 is 1. The molecule has 0 saturated heterocycles. The van der Waals surface area contributed by atoms with Crippen molar-refractivity contribution in [2.24, 2.45) is 0 Å². The Bertz CT molecular complexity index is 1090. The number of hydrogen-bond donors (Lipinski definition) is 1. The largest absolute Gasteiger partial charge is 0.468 e. The second-order valence-electron chi connectivity index (χ2n) is 6.15. The Hall–Kier alpha value is -3.41. The molecule has 4 rings (SSSR count). The van der Waals surface area contributed by atoms with Gasteiger partial charge in [0.1, 0.15) is 11.6 Å². The molecule has 2 heterocycles. The van der Waals surface area contributed by atoms with E-state index in [1.165, 1.54) is 12.0 Å². The number of aromatic nitrogens is 1. The summed E-state index contributed by atoms with van der Waals surface area (Å²) in [5.41, 5.74) is 1.27. The molecule has 2 aromatic carbocycles. The van der Waals surface area contributed by atoms with E-state index in [-0.39, 0.29) is 29.7 Å². The van der Waals surface area contributed by atoms with Gasteiger partial charge in [-0.25, -0.2) is 0 Å². The van der Waals surface area contributed by atoms with Crippen LogP contribution in [0.2, 0.25) is 0 Å². The van der Waals surface area contributed by atoms with E-state index in [0.29, 0.717) is 16.5 Å². The molecule has 1 aliphatic rings. The van der Waals surface area contributed by atoms with Crippen molar-refractivity contribution in [2.75, 3.05) is 18.6 Å². The number of amides is 1. The topological polar surface area (TPSA) is 79.5 Å². The Morgan fingerprint density at radius 3 is 2.65 bits per heavy atom. The summed E-state index contributed by atoms with van der Waals surface area (Å²) >= 11 is 0. The SMILES string of the molecule is COC(=O)C1CN(C(=O)c2cc3ccccc3c(=O)[nH]2)c2ccccc21. The molecule has 1 N–H and O–H groups in total. The Morgan fingerprint density at radius 1 is 1.12 bits per heavy atom. The first-order valence-electron chi connectivity index (χ1n) is 8.21. The fourth-order valence-corrected chi connectivity index (χ4v) is 3.41. The van der Waals surface area contributed by atoms with Crippen LogP contribution in [0.5, 0.6) is 0 Å². The molecular weight excluding hydrogens is 332 g/mol. The number of nitrogens with one attached hydrogen (secondary N) is 1. The Balaban J connectivity index is 1.78. The van der Waals surface area contributed by atoms with Crippen LogP contribution in [0.4, 0.5) is 5.69 Å². The van der Waals surface area contributed by atoms with Crippen molar-refractivity contribution in [3.05, 3.63) is 76.2 Å². The van der Waals surface area contributed by atoms with E-state index in [4.69, 9.17) is 4.74 Å². The van der Waals surface area contributed by atoms with Crippen LogP contribution >= 0.6 is 0 Å². The average molecular weight is 348 g/mol. The quantitative estimate of drug-likeness (QED) is 0.722. The lowest BCUT2D eigenvalue weighted by Crippen LogP contribution is -2.33. The van der Waals surface area contributed by atoms with Crippen LogP contribution in [-0.4, -0.2) is 30.5 Å². The molecule has 26 heavy (non-hydrogen) atoms. The van der Waals surface area contributed by atoms with Crippen molar-refractivity contribution in [2.45, 2.75) is 5.92 Å². The third kappa shape index (κ3) is 2.47. The zero-order valence-corrected chi connectivity index (χ0v) is 14.1. The highest BCUT2D eigenvalue weighted by Gasteiger charge is 2.37. The summed E-state index contributed by atoms with van der Waals surface area (Å²) in [5.74, 6) is -1.28. The number of hydrogen-bond acceptors (Lipinski definition) is 4. The molecule has 0 spiro atoms. The van der Waals surface area contributed by atoms with Gasteiger partial charge in [-0.2, -0.15) is 0 Å². The maximum Gasteiger partial charge on any atom is 0.315 e. The van der Waals surface area contributed by atoms with Gasteiger partial charge in [-0.05, 0) is 29.1 Å². The van der Waals surface area contributed by atoms with Gasteiger partial charge in [-0.3, -0.25) is 14.4 Å². The lowest BCUT2D eigenvalue weighted by molar-refractivity contribution is -0.141. The Morgan fingerprint density at radius 2 is 1.85 bits per heavy atom. The smallest absolute Gasteiger partial charge is 0.315 e. The van der Waals surface area contributed by atoms with Gasteiger partial charge in [0.15, 0.2) is 0 Å². The minimum Gasteiger partial charge on any atom is -0.468 e. The first-order chi connectivity index (χ1) is 12.6. The first-order valence-corrected chi connectivity index (χ1v) is 8.21. The third-order valence-corrected chi connectivity index (χ3v) is 4.68. The summed E-state index contributed by atoms with van der Waals surface area (Å²) in [4.78, 5) is 41.6. The highest BCUT2D eigenvalue weighted by Crippen LogP contribution is 2.37. The average Bonchev–Trinajstić information content (AvgIpc) is 3.06. The Kier molecular flexibility index (Phi) is 3.80. The lowest BCUT2D eigenvalue weighted by atomic mass is 10.0. The summed E-state index contributed by atoms with van der Waals surface area (Å²) in [5, 5.41) is 1.22. The molecule has 3 aromatic rings. The standard InChI is InChI=1S/C20H16N2O4/c1-26-20(25)15-11-22(17-9-5-4-8-14(15)17)19(24)16-10-12-6-2-3-7-13(12)18(23)21-16/h2-10,15H,11H2,1H3,(H,21,23). The molecule has 0 bridgehead atoms. The second kappa shape index (κ2) is 6.15. The second-order valence-corrected chi connectivity index (χ2v) is 6.15. The van der Waals surface area contributed by atoms with Gasteiger partial charge in [0.2, 0.25) is 0 Å². The van der Waals surface area contributed by atoms with Crippen molar-refractivity contribution < 1.29 is 14.3 Å². The number of carbonyl (C=O) groups excluding carboxylic acids is 2. The number of para-hydroxylation sites is 1. The summed E-state index contributed by atoms with van der Waals surface area (Å²) < 4.78 is 4.87. The monoisotopic (exact) mass is 348 g/mol. The summed E-state index contributed by atoms with van der Waals surface area (Å²) in [6.07, 6.45) is 0. The van der Waals surface area contributed by atoms with Crippen molar-refractivity contribution >= 4 is 28.3 Å². The first kappa shape index (κ1) is 16.1. The number of ether oxygens (including phenoxy) is 1. The van der Waals surface area contributed by atoms with Crippen LogP contribution in [-0.2, 0) is 9.53 Å². The third-order valence-electron chi connectivity index (χ3n) is 4.68. The van der Waals surface area contributed by atoms with Crippen molar-refractivity contribution in [3.63, 3.8) is 0 Å². The Labute approximate surface area is 149 Å². The summed E-state index contributed by atoms with van der Waals surface area (Å²) in [6, 6.07) is 16.0. The van der Waals surface area contributed by atoms with Crippen LogP contribution in [0.3, 0.4) is 0 Å². The maximum atomic E-state index is 13.1. The van der Waals surface area contributed by atoms with Gasteiger partial charge in [0.25, 0.3) is 11.5 Å². The zero-order chi connectivity index (χ0) is 18.3. The predicted molar refractivity (Wildman–Crippen MR) is 97.4 cm³/mol. The molecule has 1 unspecified atom stereocenters. The predicted octanol–water partition coefficient (Wildman–Crippen LogP) is 2.45. The zero-order valence-electron chi connectivity index (χ0n) is 14.1. The fourth-order valence-electron chi connectivity index (χ4n) is 3.41. The molecule has 0 aliphatic carbocycles. The van der Waals surface area contributed by atoms with Crippen molar-refractivity contribution in [1.82, 2.24) is 4.98 Å². The lowest BCUT2D eigenvalue weighted by Gasteiger charge is -2.17. The number of fused-ring (bicyclic) bond motifs is 2. The number of rotatable bonds is 2. The van der Waals surface area contributed by atoms with Crippen LogP contribution in [0.25, 0.3) is 10.8 Å². The van der Waals surface area contributed by atoms with Crippen molar-refractivity contribution in [3.8, 4) is 0 Å². The van der Waals surface area contributed by atoms with Crippen LogP contribution in [0, 0.1) is 0 Å². The summed E-state index contributed by atoms with van der Waals surface area (Å²) in [7, 11) is 1.33. The van der Waals surface area contributed by atoms with Gasteiger partial charge in [-0.1, -0.05) is 36.4 Å². The maximum absolute atomic E-state index is 13.1. The number of nitrogens with zero attached hydrogens (tertiary/aromatic N) is 1. The van der Waals surface area contributed by atoms with Crippen molar-refractivity contribution in [1.29, 1.82) is 0 Å². The molecule has 1 amide bonds. The molecule has 6 nitrogen and oxygen atoms in total. The minimum atomic E-state index is -0.535. The van der Waals surface area contributed by atoms with Gasteiger partial charge in [0.05, 0.1) is 7.11 Å². The molecule has 0 fully saturated rings. The van der Waals surface area contributed by atoms with Gasteiger partial charge in [0, 0.05) is 17.6 Å². The van der Waals surface area contributed by atoms with E-state index in [1.54, 1.807) is 30.3 Å². The molecule has 6 heteroatoms. The molecule has 1 aliphatic heterocycles. The molecule has 1 aromatic heterocycles. The van der Waals surface area contributed by atoms with Crippen LogP contribution in [0.1, 0.15) is 22.0 Å². The van der Waals surface area contributed by atoms with Gasteiger partial charge in [-0.15, -0.1) is 0 Å². The molecule has 1 atom stereocenters.